The third-order valence-electron chi connectivity index (χ3n) is 3.45. The normalized spacial score (nSPS) is 23.1. The van der Waals surface area contributed by atoms with Gasteiger partial charge in [-0.2, -0.15) is 0 Å². The zero-order valence-corrected chi connectivity index (χ0v) is 11.4. The van der Waals surface area contributed by atoms with Gasteiger partial charge in [-0.1, -0.05) is 6.92 Å². The monoisotopic (exact) mass is 264 g/mol. The minimum Gasteiger partial charge on any atom is -0.465 e. The molecule has 0 aliphatic carbocycles. The van der Waals surface area contributed by atoms with Gasteiger partial charge in [-0.3, -0.25) is 4.98 Å². The summed E-state index contributed by atoms with van der Waals surface area (Å²) in [6.45, 7) is 4.63. The van der Waals surface area contributed by atoms with Crippen molar-refractivity contribution in [2.45, 2.75) is 26.1 Å². The van der Waals surface area contributed by atoms with E-state index >= 15 is 0 Å². The Morgan fingerprint density at radius 1 is 1.53 bits per heavy atom. The molecule has 1 fully saturated rings. The Labute approximate surface area is 113 Å². The fraction of sp³-hybridized carbons (Fsp3) is 0.571. The number of piperidine rings is 1. The smallest absolute Gasteiger partial charge is 0.339 e. The number of methoxy groups -OCH3 is 1. The Morgan fingerprint density at radius 3 is 3.00 bits per heavy atom. The van der Waals surface area contributed by atoms with Crippen molar-refractivity contribution in [2.24, 2.45) is 5.92 Å². The lowest BCUT2D eigenvalue weighted by molar-refractivity contribution is -0.00797. The van der Waals surface area contributed by atoms with Crippen molar-refractivity contribution in [2.75, 3.05) is 20.2 Å². The van der Waals surface area contributed by atoms with Crippen LogP contribution in [0.5, 0.6) is 0 Å². The van der Waals surface area contributed by atoms with E-state index in [0.717, 1.165) is 25.2 Å². The van der Waals surface area contributed by atoms with E-state index in [9.17, 15) is 4.79 Å². The molecule has 0 spiro atoms. The third kappa shape index (κ3) is 3.75. The number of pyridine rings is 1. The van der Waals surface area contributed by atoms with Crippen molar-refractivity contribution < 1.29 is 14.3 Å². The van der Waals surface area contributed by atoms with Gasteiger partial charge in [0, 0.05) is 12.7 Å². The molecule has 1 aromatic heterocycles. The summed E-state index contributed by atoms with van der Waals surface area (Å²) in [5.74, 6) is 0.195. The second kappa shape index (κ2) is 6.63. The average Bonchev–Trinajstić information content (AvgIpc) is 2.46. The van der Waals surface area contributed by atoms with Crippen LogP contribution >= 0.6 is 0 Å². The molecule has 1 saturated heterocycles. The Balaban J connectivity index is 1.87. The Bertz CT molecular complexity index is 419. The standard InChI is InChI=1S/C14H20N2O3/c1-10-5-6-15-8-13(10)19-9-12-4-3-11(7-16-12)14(17)18-2/h3-4,7,10,13,15H,5-6,8-9H2,1-2H3. The van der Waals surface area contributed by atoms with Crippen LogP contribution in [-0.2, 0) is 16.1 Å². The quantitative estimate of drug-likeness (QED) is 0.833. The number of nitrogens with zero attached hydrogens (tertiary/aromatic N) is 1. The molecule has 2 atom stereocenters. The van der Waals surface area contributed by atoms with Crippen LogP contribution in [0.3, 0.4) is 0 Å². The fourth-order valence-electron chi connectivity index (χ4n) is 2.13. The van der Waals surface area contributed by atoms with Crippen molar-refractivity contribution >= 4 is 5.97 Å². The number of esters is 1. The summed E-state index contributed by atoms with van der Waals surface area (Å²) in [6.07, 6.45) is 2.89. The molecular weight excluding hydrogens is 244 g/mol. The van der Waals surface area contributed by atoms with Crippen LogP contribution < -0.4 is 5.32 Å². The van der Waals surface area contributed by atoms with Crippen LogP contribution in [0.1, 0.15) is 29.4 Å². The molecule has 0 aromatic carbocycles. The molecule has 1 N–H and O–H groups in total. The highest BCUT2D eigenvalue weighted by atomic mass is 16.5. The van der Waals surface area contributed by atoms with Crippen LogP contribution in [0.4, 0.5) is 0 Å². The molecule has 5 nitrogen and oxygen atoms in total. The summed E-state index contributed by atoms with van der Waals surface area (Å²) in [6, 6.07) is 3.51. The van der Waals surface area contributed by atoms with Crippen LogP contribution in [0, 0.1) is 5.92 Å². The first-order chi connectivity index (χ1) is 9.20. The molecule has 2 heterocycles. The van der Waals surface area contributed by atoms with E-state index in [-0.39, 0.29) is 12.1 Å². The summed E-state index contributed by atoms with van der Waals surface area (Å²) in [5.41, 5.74) is 1.28. The van der Waals surface area contributed by atoms with Crippen molar-refractivity contribution in [1.29, 1.82) is 0 Å². The molecule has 0 saturated carbocycles. The number of aromatic nitrogens is 1. The summed E-state index contributed by atoms with van der Waals surface area (Å²) in [5, 5.41) is 3.33. The van der Waals surface area contributed by atoms with Gasteiger partial charge in [0.05, 0.1) is 31.1 Å². The van der Waals surface area contributed by atoms with Gasteiger partial charge in [-0.15, -0.1) is 0 Å². The van der Waals surface area contributed by atoms with E-state index in [0.29, 0.717) is 18.1 Å². The Morgan fingerprint density at radius 2 is 2.37 bits per heavy atom. The number of hydrogen-bond acceptors (Lipinski definition) is 5. The summed E-state index contributed by atoms with van der Waals surface area (Å²) >= 11 is 0. The summed E-state index contributed by atoms with van der Waals surface area (Å²) < 4.78 is 10.5. The minimum atomic E-state index is -0.370. The van der Waals surface area contributed by atoms with Gasteiger partial charge in [-0.25, -0.2) is 4.79 Å². The summed E-state index contributed by atoms with van der Waals surface area (Å²) in [7, 11) is 1.36. The van der Waals surface area contributed by atoms with Crippen molar-refractivity contribution in [3.8, 4) is 0 Å². The topological polar surface area (TPSA) is 60.5 Å². The second-order valence-electron chi connectivity index (χ2n) is 4.85. The SMILES string of the molecule is COC(=O)c1ccc(COC2CNCCC2C)nc1. The number of carbonyl (C=O) groups excluding carboxylic acids is 1. The highest BCUT2D eigenvalue weighted by molar-refractivity contribution is 5.88. The van der Waals surface area contributed by atoms with E-state index in [1.54, 1.807) is 12.1 Å². The molecule has 2 rings (SSSR count). The molecule has 1 aliphatic rings. The van der Waals surface area contributed by atoms with Crippen LogP contribution in [0.2, 0.25) is 0 Å². The van der Waals surface area contributed by atoms with E-state index in [1.165, 1.54) is 13.3 Å². The van der Waals surface area contributed by atoms with Gasteiger partial charge in [0.15, 0.2) is 0 Å². The van der Waals surface area contributed by atoms with Crippen molar-refractivity contribution in [1.82, 2.24) is 10.3 Å². The number of carbonyl (C=O) groups is 1. The first kappa shape index (κ1) is 14.0. The van der Waals surface area contributed by atoms with Gasteiger partial charge in [0.25, 0.3) is 0 Å². The highest BCUT2D eigenvalue weighted by Crippen LogP contribution is 2.16. The first-order valence-corrected chi connectivity index (χ1v) is 6.56. The van der Waals surface area contributed by atoms with Crippen molar-refractivity contribution in [3.05, 3.63) is 29.6 Å². The molecule has 0 radical (unpaired) electrons. The zero-order valence-electron chi connectivity index (χ0n) is 11.4. The van der Waals surface area contributed by atoms with E-state index in [1.807, 2.05) is 0 Å². The molecule has 2 unspecified atom stereocenters. The highest BCUT2D eigenvalue weighted by Gasteiger charge is 2.21. The van der Waals surface area contributed by atoms with Gasteiger partial charge in [-0.05, 0) is 31.0 Å². The number of nitrogens with one attached hydrogen (secondary N) is 1. The molecule has 19 heavy (non-hydrogen) atoms. The Kier molecular flexibility index (Phi) is 4.87. The van der Waals surface area contributed by atoms with Gasteiger partial charge in [0.2, 0.25) is 0 Å². The molecule has 104 valence electrons. The van der Waals surface area contributed by atoms with E-state index in [4.69, 9.17) is 4.74 Å². The largest absolute Gasteiger partial charge is 0.465 e. The molecule has 0 bridgehead atoms. The summed E-state index contributed by atoms with van der Waals surface area (Å²) in [4.78, 5) is 15.5. The lowest BCUT2D eigenvalue weighted by Gasteiger charge is -2.29. The number of ether oxygens (including phenoxy) is 2. The predicted octanol–water partition coefficient (Wildman–Crippen LogP) is 1.38. The molecule has 5 heteroatoms. The maximum absolute atomic E-state index is 11.3. The zero-order chi connectivity index (χ0) is 13.7. The van der Waals surface area contributed by atoms with Crippen LogP contribution in [-0.4, -0.2) is 37.3 Å². The third-order valence-corrected chi connectivity index (χ3v) is 3.45. The molecule has 1 aliphatic heterocycles. The van der Waals surface area contributed by atoms with Gasteiger partial charge in [0.1, 0.15) is 0 Å². The van der Waals surface area contributed by atoms with Crippen LogP contribution in [0.25, 0.3) is 0 Å². The van der Waals surface area contributed by atoms with Gasteiger partial charge >= 0.3 is 5.97 Å². The van der Waals surface area contributed by atoms with E-state index in [2.05, 4.69) is 22.0 Å². The van der Waals surface area contributed by atoms with Crippen molar-refractivity contribution in [3.63, 3.8) is 0 Å². The first-order valence-electron chi connectivity index (χ1n) is 6.56. The Hall–Kier alpha value is -1.46. The van der Waals surface area contributed by atoms with E-state index < -0.39 is 0 Å². The number of hydrogen-bond donors (Lipinski definition) is 1. The lowest BCUT2D eigenvalue weighted by atomic mass is 9.97. The molecule has 1 aromatic rings. The molecule has 0 amide bonds. The van der Waals surface area contributed by atoms with Gasteiger partial charge < -0.3 is 14.8 Å². The molecular formula is C14H20N2O3. The fourth-order valence-corrected chi connectivity index (χ4v) is 2.13. The maximum Gasteiger partial charge on any atom is 0.339 e. The van der Waals surface area contributed by atoms with Crippen LogP contribution in [0.15, 0.2) is 18.3 Å². The minimum absolute atomic E-state index is 0.232. The second-order valence-corrected chi connectivity index (χ2v) is 4.85. The predicted molar refractivity (Wildman–Crippen MR) is 70.8 cm³/mol. The lowest BCUT2D eigenvalue weighted by Crippen LogP contribution is -2.40. The maximum atomic E-state index is 11.3. The number of rotatable bonds is 4. The average molecular weight is 264 g/mol.